The van der Waals surface area contributed by atoms with Crippen molar-refractivity contribution in [3.8, 4) is 5.75 Å². The van der Waals surface area contributed by atoms with Gasteiger partial charge in [0.2, 0.25) is 5.91 Å². The molecule has 1 atom stereocenters. The minimum absolute atomic E-state index is 0.156. The molecule has 2 rings (SSSR count). The van der Waals surface area contributed by atoms with Crippen molar-refractivity contribution >= 4 is 17.8 Å². The van der Waals surface area contributed by atoms with Crippen LogP contribution in [0, 0.1) is 0 Å². The van der Waals surface area contributed by atoms with E-state index in [-0.39, 0.29) is 13.0 Å². The van der Waals surface area contributed by atoms with Gasteiger partial charge in [-0.1, -0.05) is 42.5 Å². The van der Waals surface area contributed by atoms with Crippen molar-refractivity contribution in [2.75, 3.05) is 13.2 Å². The molecule has 7 nitrogen and oxygen atoms in total. The zero-order valence-electron chi connectivity index (χ0n) is 15.0. The molecule has 0 spiro atoms. The molecule has 2 aromatic carbocycles. The highest BCUT2D eigenvalue weighted by Gasteiger charge is 2.21. The van der Waals surface area contributed by atoms with Gasteiger partial charge in [-0.2, -0.15) is 0 Å². The largest absolute Gasteiger partial charge is 0.493 e. The SMILES string of the molecule is CCOc1ccccc1C(=O)NCC(=O)NC(Cc1ccccc1)C(=O)O. The molecule has 0 fully saturated rings. The van der Waals surface area contributed by atoms with Gasteiger partial charge in [0.25, 0.3) is 5.91 Å². The summed E-state index contributed by atoms with van der Waals surface area (Å²) < 4.78 is 5.39. The summed E-state index contributed by atoms with van der Waals surface area (Å²) in [4.78, 5) is 35.7. The van der Waals surface area contributed by atoms with Gasteiger partial charge in [-0.05, 0) is 24.6 Å². The van der Waals surface area contributed by atoms with Crippen LogP contribution in [0.3, 0.4) is 0 Å². The predicted octanol–water partition coefficient (Wildman–Crippen LogP) is 1.63. The third-order valence-corrected chi connectivity index (χ3v) is 3.76. The van der Waals surface area contributed by atoms with Crippen molar-refractivity contribution < 1.29 is 24.2 Å². The first-order valence-corrected chi connectivity index (χ1v) is 8.57. The molecule has 0 radical (unpaired) electrons. The van der Waals surface area contributed by atoms with E-state index in [0.29, 0.717) is 17.9 Å². The van der Waals surface area contributed by atoms with Crippen molar-refractivity contribution in [3.63, 3.8) is 0 Å². The monoisotopic (exact) mass is 370 g/mol. The molecule has 0 aromatic heterocycles. The van der Waals surface area contributed by atoms with E-state index in [1.54, 1.807) is 55.5 Å². The van der Waals surface area contributed by atoms with Crippen LogP contribution in [0.2, 0.25) is 0 Å². The molecular weight excluding hydrogens is 348 g/mol. The third kappa shape index (κ3) is 6.14. The van der Waals surface area contributed by atoms with Crippen LogP contribution in [0.5, 0.6) is 5.75 Å². The number of aliphatic carboxylic acids is 1. The lowest BCUT2D eigenvalue weighted by Crippen LogP contribution is -2.46. The number of carbonyl (C=O) groups is 3. The Morgan fingerprint density at radius 2 is 1.70 bits per heavy atom. The van der Waals surface area contributed by atoms with Gasteiger partial charge in [0.1, 0.15) is 11.8 Å². The topological polar surface area (TPSA) is 105 Å². The van der Waals surface area contributed by atoms with E-state index in [1.807, 2.05) is 6.07 Å². The first-order valence-electron chi connectivity index (χ1n) is 8.57. The fourth-order valence-corrected chi connectivity index (χ4v) is 2.49. The van der Waals surface area contributed by atoms with Gasteiger partial charge in [-0.15, -0.1) is 0 Å². The summed E-state index contributed by atoms with van der Waals surface area (Å²) in [7, 11) is 0. The normalized spacial score (nSPS) is 11.3. The lowest BCUT2D eigenvalue weighted by atomic mass is 10.1. The molecule has 0 aliphatic rings. The van der Waals surface area contributed by atoms with E-state index in [9.17, 15) is 19.5 Å². The summed E-state index contributed by atoms with van der Waals surface area (Å²) in [5.74, 6) is -1.77. The zero-order chi connectivity index (χ0) is 19.6. The van der Waals surface area contributed by atoms with Gasteiger partial charge >= 0.3 is 5.97 Å². The molecule has 0 aliphatic heterocycles. The fourth-order valence-electron chi connectivity index (χ4n) is 2.49. The van der Waals surface area contributed by atoms with E-state index in [1.165, 1.54) is 0 Å². The highest BCUT2D eigenvalue weighted by atomic mass is 16.5. The maximum atomic E-state index is 12.3. The Kier molecular flexibility index (Phi) is 7.37. The third-order valence-electron chi connectivity index (χ3n) is 3.76. The number of carbonyl (C=O) groups excluding carboxylic acids is 2. The minimum atomic E-state index is -1.14. The first kappa shape index (κ1) is 20.0. The van der Waals surface area contributed by atoms with Crippen LogP contribution >= 0.6 is 0 Å². The van der Waals surface area contributed by atoms with Gasteiger partial charge in [-0.25, -0.2) is 4.79 Å². The summed E-state index contributed by atoms with van der Waals surface area (Å²) in [5.41, 5.74) is 1.10. The van der Waals surface area contributed by atoms with E-state index in [2.05, 4.69) is 10.6 Å². The maximum Gasteiger partial charge on any atom is 0.326 e. The Hall–Kier alpha value is -3.35. The number of hydrogen-bond donors (Lipinski definition) is 3. The van der Waals surface area contributed by atoms with Gasteiger partial charge in [0.05, 0.1) is 18.7 Å². The van der Waals surface area contributed by atoms with Crippen molar-refractivity contribution in [2.45, 2.75) is 19.4 Å². The van der Waals surface area contributed by atoms with Crippen LogP contribution in [-0.2, 0) is 16.0 Å². The maximum absolute atomic E-state index is 12.3. The van der Waals surface area contributed by atoms with Crippen LogP contribution in [0.1, 0.15) is 22.8 Å². The summed E-state index contributed by atoms with van der Waals surface area (Å²) in [6.07, 6.45) is 0.156. The number of carboxylic acids is 1. The van der Waals surface area contributed by atoms with Crippen molar-refractivity contribution in [1.29, 1.82) is 0 Å². The summed E-state index contributed by atoms with van der Waals surface area (Å²) in [5, 5.41) is 14.2. The summed E-state index contributed by atoms with van der Waals surface area (Å²) >= 11 is 0. The minimum Gasteiger partial charge on any atom is -0.493 e. The number of hydrogen-bond acceptors (Lipinski definition) is 4. The van der Waals surface area contributed by atoms with Gasteiger partial charge < -0.3 is 20.5 Å². The summed E-state index contributed by atoms with van der Waals surface area (Å²) in [6, 6.07) is 14.6. The Morgan fingerprint density at radius 1 is 1.04 bits per heavy atom. The van der Waals surface area contributed by atoms with Gasteiger partial charge in [-0.3, -0.25) is 9.59 Å². The number of benzene rings is 2. The Balaban J connectivity index is 1.92. The second kappa shape index (κ2) is 9.96. The van der Waals surface area contributed by atoms with Crippen LogP contribution in [0.15, 0.2) is 54.6 Å². The number of rotatable bonds is 9. The molecule has 0 aliphatic carbocycles. The molecule has 2 amide bonds. The van der Waals surface area contributed by atoms with Crippen LogP contribution in [0.4, 0.5) is 0 Å². The van der Waals surface area contributed by atoms with Crippen molar-refractivity contribution in [1.82, 2.24) is 10.6 Å². The van der Waals surface area contributed by atoms with Crippen LogP contribution in [0.25, 0.3) is 0 Å². The molecule has 0 saturated heterocycles. The highest BCUT2D eigenvalue weighted by molar-refractivity contribution is 5.99. The van der Waals surface area contributed by atoms with E-state index >= 15 is 0 Å². The number of amides is 2. The Morgan fingerprint density at radius 3 is 2.37 bits per heavy atom. The molecule has 27 heavy (non-hydrogen) atoms. The Labute approximate surface area is 157 Å². The van der Waals surface area contributed by atoms with E-state index < -0.39 is 23.8 Å². The van der Waals surface area contributed by atoms with E-state index in [4.69, 9.17) is 4.74 Å². The average molecular weight is 370 g/mol. The highest BCUT2D eigenvalue weighted by Crippen LogP contribution is 2.17. The number of nitrogens with one attached hydrogen (secondary N) is 2. The fraction of sp³-hybridized carbons (Fsp3) is 0.250. The number of para-hydroxylation sites is 1. The summed E-state index contributed by atoms with van der Waals surface area (Å²) in [6.45, 7) is 1.88. The predicted molar refractivity (Wildman–Crippen MR) is 99.7 cm³/mol. The molecule has 0 heterocycles. The van der Waals surface area contributed by atoms with Crippen LogP contribution < -0.4 is 15.4 Å². The molecule has 142 valence electrons. The average Bonchev–Trinajstić information content (AvgIpc) is 2.67. The molecule has 0 saturated carbocycles. The molecule has 7 heteroatoms. The second-order valence-corrected chi connectivity index (χ2v) is 5.76. The smallest absolute Gasteiger partial charge is 0.326 e. The molecular formula is C20H22N2O5. The number of carboxylic acid groups (broad SMARTS) is 1. The zero-order valence-corrected chi connectivity index (χ0v) is 15.0. The lowest BCUT2D eigenvalue weighted by Gasteiger charge is -2.15. The van der Waals surface area contributed by atoms with Crippen molar-refractivity contribution in [2.24, 2.45) is 0 Å². The lowest BCUT2D eigenvalue weighted by molar-refractivity contribution is -0.141. The number of ether oxygens (including phenoxy) is 1. The molecule has 3 N–H and O–H groups in total. The van der Waals surface area contributed by atoms with Gasteiger partial charge in [0, 0.05) is 6.42 Å². The Bertz CT molecular complexity index is 792. The molecule has 0 bridgehead atoms. The quantitative estimate of drug-likeness (QED) is 0.622. The standard InChI is InChI=1S/C20H22N2O5/c1-2-27-17-11-7-6-10-15(17)19(24)21-13-18(23)22-16(20(25)26)12-14-8-4-3-5-9-14/h3-11,16H,2,12-13H2,1H3,(H,21,24)(H,22,23)(H,25,26). The van der Waals surface area contributed by atoms with Gasteiger partial charge in [0.15, 0.2) is 0 Å². The first-order chi connectivity index (χ1) is 13.0. The van der Waals surface area contributed by atoms with Crippen molar-refractivity contribution in [3.05, 3.63) is 65.7 Å². The van der Waals surface area contributed by atoms with Crippen LogP contribution in [-0.4, -0.2) is 42.1 Å². The second-order valence-electron chi connectivity index (χ2n) is 5.76. The molecule has 1 unspecified atom stereocenters. The molecule has 2 aromatic rings. The van der Waals surface area contributed by atoms with E-state index in [0.717, 1.165) is 5.56 Å².